The lowest BCUT2D eigenvalue weighted by Gasteiger charge is -2.07. The summed E-state index contributed by atoms with van der Waals surface area (Å²) in [5.41, 5.74) is 5.27. The van der Waals surface area contributed by atoms with E-state index in [1.807, 2.05) is 0 Å². The molecule has 17 heavy (non-hydrogen) atoms. The Bertz CT molecular complexity index is 610. The minimum atomic E-state index is -0.469. The van der Waals surface area contributed by atoms with Crippen molar-refractivity contribution in [1.29, 1.82) is 0 Å². The molecule has 0 radical (unpaired) electrons. The molecule has 0 bridgehead atoms. The second-order valence-electron chi connectivity index (χ2n) is 3.43. The number of aryl methyl sites for hydroxylation is 1. The van der Waals surface area contributed by atoms with Crippen molar-refractivity contribution in [3.8, 4) is 11.6 Å². The quantitative estimate of drug-likeness (QED) is 0.796. The number of nitrogens with two attached hydrogens (primary N) is 1. The molecule has 5 nitrogen and oxygen atoms in total. The monoisotopic (exact) mass is 235 g/mol. The predicted octanol–water partition coefficient (Wildman–Crippen LogP) is 1.29. The smallest absolute Gasteiger partial charge is 0.313 e. The van der Waals surface area contributed by atoms with Crippen LogP contribution in [0.5, 0.6) is 11.6 Å². The zero-order valence-corrected chi connectivity index (χ0v) is 9.05. The molecule has 0 aliphatic carbocycles. The maximum Gasteiger partial charge on any atom is 0.313 e. The number of hydrogen-bond acceptors (Lipinski definition) is 4. The van der Waals surface area contributed by atoms with E-state index < -0.39 is 11.4 Å². The fourth-order valence-corrected chi connectivity index (χ4v) is 1.26. The van der Waals surface area contributed by atoms with Gasteiger partial charge in [-0.2, -0.15) is 0 Å². The van der Waals surface area contributed by atoms with E-state index in [9.17, 15) is 9.18 Å². The highest BCUT2D eigenvalue weighted by Crippen LogP contribution is 2.24. The molecule has 2 aromatic rings. The number of aromatic nitrogens is 2. The third kappa shape index (κ3) is 2.25. The summed E-state index contributed by atoms with van der Waals surface area (Å²) in [5, 5.41) is 0. The van der Waals surface area contributed by atoms with Crippen LogP contribution < -0.4 is 16.0 Å². The average molecular weight is 235 g/mol. The van der Waals surface area contributed by atoms with Crippen molar-refractivity contribution in [2.24, 2.45) is 7.05 Å². The highest BCUT2D eigenvalue weighted by molar-refractivity contribution is 5.53. The van der Waals surface area contributed by atoms with Gasteiger partial charge in [0.2, 0.25) is 0 Å². The first-order chi connectivity index (χ1) is 8.08. The molecule has 0 spiro atoms. The van der Waals surface area contributed by atoms with Crippen LogP contribution in [0, 0.1) is 5.82 Å². The molecule has 1 aromatic heterocycles. The molecular weight excluding hydrogens is 225 g/mol. The van der Waals surface area contributed by atoms with Gasteiger partial charge in [-0.25, -0.2) is 9.37 Å². The topological polar surface area (TPSA) is 70.1 Å². The first-order valence-corrected chi connectivity index (χ1v) is 4.82. The van der Waals surface area contributed by atoms with Crippen LogP contribution in [-0.2, 0) is 7.05 Å². The lowest BCUT2D eigenvalue weighted by atomic mass is 10.3. The van der Waals surface area contributed by atoms with Crippen LogP contribution >= 0.6 is 0 Å². The molecule has 0 unspecified atom stereocenters. The maximum absolute atomic E-state index is 12.8. The van der Waals surface area contributed by atoms with Gasteiger partial charge in [-0.05, 0) is 12.1 Å². The molecule has 2 N–H and O–H groups in total. The van der Waals surface area contributed by atoms with E-state index in [-0.39, 0.29) is 17.3 Å². The zero-order valence-electron chi connectivity index (χ0n) is 9.05. The molecule has 0 amide bonds. The molecule has 0 atom stereocenters. The predicted molar refractivity (Wildman–Crippen MR) is 60.4 cm³/mol. The Morgan fingerprint density at radius 2 is 2.24 bits per heavy atom. The molecule has 0 aliphatic heterocycles. The Labute approximate surface area is 96.3 Å². The van der Waals surface area contributed by atoms with Crippen LogP contribution in [-0.4, -0.2) is 9.55 Å². The Morgan fingerprint density at radius 3 is 2.94 bits per heavy atom. The summed E-state index contributed by atoms with van der Waals surface area (Å²) in [7, 11) is 1.57. The van der Waals surface area contributed by atoms with Gasteiger partial charge >= 0.3 is 5.56 Å². The van der Waals surface area contributed by atoms with Crippen molar-refractivity contribution < 1.29 is 9.13 Å². The largest absolute Gasteiger partial charge is 0.432 e. The SMILES string of the molecule is Cn1ccnc(Oc2ccc(F)cc2N)c1=O. The number of nitrogen functional groups attached to an aromatic ring is 1. The molecule has 1 aromatic carbocycles. The molecule has 88 valence electrons. The van der Waals surface area contributed by atoms with Crippen molar-refractivity contribution >= 4 is 5.69 Å². The molecule has 0 fully saturated rings. The fourth-order valence-electron chi connectivity index (χ4n) is 1.26. The normalized spacial score (nSPS) is 10.2. The van der Waals surface area contributed by atoms with Gasteiger partial charge in [-0.3, -0.25) is 4.79 Å². The number of benzene rings is 1. The molecule has 0 saturated heterocycles. The van der Waals surface area contributed by atoms with Crippen molar-refractivity contribution in [1.82, 2.24) is 9.55 Å². The van der Waals surface area contributed by atoms with Crippen LogP contribution in [0.2, 0.25) is 0 Å². The Morgan fingerprint density at radius 1 is 1.47 bits per heavy atom. The number of ether oxygens (including phenoxy) is 1. The van der Waals surface area contributed by atoms with Crippen LogP contribution in [0.4, 0.5) is 10.1 Å². The van der Waals surface area contributed by atoms with Gasteiger partial charge in [0.15, 0.2) is 5.75 Å². The second kappa shape index (κ2) is 4.25. The average Bonchev–Trinajstić information content (AvgIpc) is 2.28. The summed E-state index contributed by atoms with van der Waals surface area (Å²) in [5.74, 6) is -0.376. The first-order valence-electron chi connectivity index (χ1n) is 4.82. The Kier molecular flexibility index (Phi) is 2.78. The Balaban J connectivity index is 2.38. The van der Waals surface area contributed by atoms with E-state index in [4.69, 9.17) is 10.5 Å². The number of halogens is 1. The van der Waals surface area contributed by atoms with Gasteiger partial charge in [0, 0.05) is 25.5 Å². The van der Waals surface area contributed by atoms with E-state index in [1.54, 1.807) is 7.05 Å². The zero-order chi connectivity index (χ0) is 12.4. The van der Waals surface area contributed by atoms with Gasteiger partial charge in [0.1, 0.15) is 5.82 Å². The molecule has 0 saturated carbocycles. The van der Waals surface area contributed by atoms with Gasteiger partial charge < -0.3 is 15.0 Å². The molecule has 0 aliphatic rings. The van der Waals surface area contributed by atoms with E-state index in [2.05, 4.69) is 4.98 Å². The highest BCUT2D eigenvalue weighted by atomic mass is 19.1. The molecule has 6 heteroatoms. The lowest BCUT2D eigenvalue weighted by Crippen LogP contribution is -2.18. The van der Waals surface area contributed by atoms with Gasteiger partial charge in [0.05, 0.1) is 5.69 Å². The third-order valence-corrected chi connectivity index (χ3v) is 2.16. The van der Waals surface area contributed by atoms with E-state index in [1.165, 1.54) is 29.1 Å². The first kappa shape index (κ1) is 11.1. The van der Waals surface area contributed by atoms with Crippen LogP contribution in [0.25, 0.3) is 0 Å². The molecule has 1 heterocycles. The summed E-state index contributed by atoms with van der Waals surface area (Å²) in [6.07, 6.45) is 2.93. The molecular formula is C11H10FN3O2. The fraction of sp³-hybridized carbons (Fsp3) is 0.0909. The number of hydrogen-bond donors (Lipinski definition) is 1. The van der Waals surface area contributed by atoms with Crippen molar-refractivity contribution in [3.63, 3.8) is 0 Å². The summed E-state index contributed by atoms with van der Waals surface area (Å²) in [6.45, 7) is 0. The van der Waals surface area contributed by atoms with Gasteiger partial charge in [-0.1, -0.05) is 0 Å². The number of nitrogens with zero attached hydrogens (tertiary/aromatic N) is 2. The van der Waals surface area contributed by atoms with Crippen LogP contribution in [0.1, 0.15) is 0 Å². The second-order valence-corrected chi connectivity index (χ2v) is 3.43. The van der Waals surface area contributed by atoms with Crippen LogP contribution in [0.15, 0.2) is 35.4 Å². The van der Waals surface area contributed by atoms with Gasteiger partial charge in [-0.15, -0.1) is 0 Å². The number of anilines is 1. The van der Waals surface area contributed by atoms with E-state index in [0.717, 1.165) is 6.07 Å². The van der Waals surface area contributed by atoms with Crippen molar-refractivity contribution in [2.75, 3.05) is 5.73 Å². The maximum atomic E-state index is 12.8. The van der Waals surface area contributed by atoms with Crippen molar-refractivity contribution in [2.45, 2.75) is 0 Å². The van der Waals surface area contributed by atoms with Crippen LogP contribution in [0.3, 0.4) is 0 Å². The minimum Gasteiger partial charge on any atom is -0.432 e. The van der Waals surface area contributed by atoms with E-state index in [0.29, 0.717) is 0 Å². The van der Waals surface area contributed by atoms with E-state index >= 15 is 0 Å². The highest BCUT2D eigenvalue weighted by Gasteiger charge is 2.08. The van der Waals surface area contributed by atoms with Gasteiger partial charge in [0.25, 0.3) is 5.88 Å². The standard InChI is InChI=1S/C11H10FN3O2/c1-15-5-4-14-10(11(15)16)17-9-3-2-7(12)6-8(9)13/h2-6H,13H2,1H3. The minimum absolute atomic E-state index is 0.103. The molecule has 2 rings (SSSR count). The number of rotatable bonds is 2. The summed E-state index contributed by atoms with van der Waals surface area (Å²) in [4.78, 5) is 15.4. The summed E-state index contributed by atoms with van der Waals surface area (Å²) < 4.78 is 19.4. The lowest BCUT2D eigenvalue weighted by molar-refractivity contribution is 0.449. The van der Waals surface area contributed by atoms with Crippen molar-refractivity contribution in [3.05, 3.63) is 46.8 Å². The third-order valence-electron chi connectivity index (χ3n) is 2.16. The Hall–Kier alpha value is -2.37. The summed E-state index contributed by atoms with van der Waals surface area (Å²) >= 11 is 0. The summed E-state index contributed by atoms with van der Waals surface area (Å²) in [6, 6.07) is 3.65.